The predicted molar refractivity (Wildman–Crippen MR) is 63.4 cm³/mol. The molecule has 1 saturated heterocycles. The third-order valence-corrected chi connectivity index (χ3v) is 2.72. The molecule has 90 valence electrons. The van der Waals surface area contributed by atoms with Crippen molar-refractivity contribution in [3.63, 3.8) is 0 Å². The molecule has 5 nitrogen and oxygen atoms in total. The molecule has 2 heterocycles. The Labute approximate surface area is 99.8 Å². The van der Waals surface area contributed by atoms with Crippen LogP contribution in [0.5, 0.6) is 0 Å². The number of anilines is 1. The molecule has 0 aliphatic carbocycles. The first-order valence-corrected chi connectivity index (χ1v) is 5.71. The molecule has 0 unspecified atom stereocenters. The summed E-state index contributed by atoms with van der Waals surface area (Å²) in [5, 5.41) is 2.52. The van der Waals surface area contributed by atoms with Crippen molar-refractivity contribution in [2.45, 2.75) is 19.8 Å². The Morgan fingerprint density at radius 1 is 1.29 bits per heavy atom. The van der Waals surface area contributed by atoms with E-state index in [1.54, 1.807) is 17.0 Å². The molecule has 1 N–H and O–H groups in total. The maximum absolute atomic E-state index is 11.7. The SMILES string of the molecule is Cc1cccc(NC(=O)C(=O)N2CCCC2)n1. The third-order valence-electron chi connectivity index (χ3n) is 2.72. The summed E-state index contributed by atoms with van der Waals surface area (Å²) in [4.78, 5) is 29.1. The zero-order valence-electron chi connectivity index (χ0n) is 9.77. The largest absolute Gasteiger partial charge is 0.334 e. The van der Waals surface area contributed by atoms with E-state index in [0.29, 0.717) is 18.9 Å². The number of hydrogen-bond acceptors (Lipinski definition) is 3. The van der Waals surface area contributed by atoms with Crippen LogP contribution in [0.3, 0.4) is 0 Å². The van der Waals surface area contributed by atoms with Crippen molar-refractivity contribution in [2.24, 2.45) is 0 Å². The number of aryl methyl sites for hydroxylation is 1. The van der Waals surface area contributed by atoms with Crippen LogP contribution < -0.4 is 5.32 Å². The third kappa shape index (κ3) is 2.81. The normalized spacial score (nSPS) is 14.8. The lowest BCUT2D eigenvalue weighted by molar-refractivity contribution is -0.142. The molecule has 0 aromatic carbocycles. The molecule has 1 aliphatic heterocycles. The van der Waals surface area contributed by atoms with E-state index in [0.717, 1.165) is 18.5 Å². The highest BCUT2D eigenvalue weighted by molar-refractivity contribution is 6.39. The summed E-state index contributed by atoms with van der Waals surface area (Å²) < 4.78 is 0. The van der Waals surface area contributed by atoms with Gasteiger partial charge in [0, 0.05) is 18.8 Å². The molecule has 0 saturated carbocycles. The molecule has 2 rings (SSSR count). The number of rotatable bonds is 1. The van der Waals surface area contributed by atoms with E-state index < -0.39 is 11.8 Å². The fraction of sp³-hybridized carbons (Fsp3) is 0.417. The molecule has 0 atom stereocenters. The molecule has 1 aliphatic rings. The number of amides is 2. The lowest BCUT2D eigenvalue weighted by atomic mass is 10.3. The molecule has 5 heteroatoms. The Balaban J connectivity index is 1.99. The summed E-state index contributed by atoms with van der Waals surface area (Å²) in [5.41, 5.74) is 0.802. The smallest absolute Gasteiger partial charge is 0.315 e. The van der Waals surface area contributed by atoms with Crippen molar-refractivity contribution >= 4 is 17.6 Å². The van der Waals surface area contributed by atoms with Crippen molar-refractivity contribution in [1.29, 1.82) is 0 Å². The second-order valence-corrected chi connectivity index (χ2v) is 4.12. The standard InChI is InChI=1S/C12H15N3O2/c1-9-5-4-6-10(13-9)14-11(16)12(17)15-7-2-3-8-15/h4-6H,2-3,7-8H2,1H3,(H,13,14,16). The lowest BCUT2D eigenvalue weighted by Gasteiger charge is -2.14. The second kappa shape index (κ2) is 4.95. The van der Waals surface area contributed by atoms with E-state index in [1.165, 1.54) is 0 Å². The summed E-state index contributed by atoms with van der Waals surface area (Å²) in [6.07, 6.45) is 1.95. The van der Waals surface area contributed by atoms with Crippen molar-refractivity contribution in [3.05, 3.63) is 23.9 Å². The van der Waals surface area contributed by atoms with Crippen LogP contribution in [0.25, 0.3) is 0 Å². The first-order valence-electron chi connectivity index (χ1n) is 5.71. The summed E-state index contributed by atoms with van der Waals surface area (Å²) in [5.74, 6) is -0.654. The van der Waals surface area contributed by atoms with Crippen LogP contribution in [0, 0.1) is 6.92 Å². The van der Waals surface area contributed by atoms with Crippen LogP contribution in [0.1, 0.15) is 18.5 Å². The van der Waals surface area contributed by atoms with Gasteiger partial charge in [-0.05, 0) is 31.9 Å². The molecule has 1 aromatic rings. The molecular formula is C12H15N3O2. The highest BCUT2D eigenvalue weighted by Gasteiger charge is 2.24. The van der Waals surface area contributed by atoms with Gasteiger partial charge in [-0.25, -0.2) is 4.98 Å². The molecule has 0 spiro atoms. The molecule has 0 bridgehead atoms. The van der Waals surface area contributed by atoms with Crippen molar-refractivity contribution in [2.75, 3.05) is 18.4 Å². The Hall–Kier alpha value is -1.91. The monoisotopic (exact) mass is 233 g/mol. The van der Waals surface area contributed by atoms with Crippen LogP contribution in [-0.2, 0) is 9.59 Å². The number of nitrogens with zero attached hydrogens (tertiary/aromatic N) is 2. The van der Waals surface area contributed by atoms with Crippen LogP contribution >= 0.6 is 0 Å². The molecule has 17 heavy (non-hydrogen) atoms. The zero-order valence-corrected chi connectivity index (χ0v) is 9.77. The number of pyridine rings is 1. The van der Waals surface area contributed by atoms with Gasteiger partial charge in [0.2, 0.25) is 0 Å². The molecule has 0 radical (unpaired) electrons. The minimum absolute atomic E-state index is 0.419. The number of aromatic nitrogens is 1. The Bertz CT molecular complexity index is 439. The number of hydrogen-bond donors (Lipinski definition) is 1. The van der Waals surface area contributed by atoms with E-state index in [4.69, 9.17) is 0 Å². The van der Waals surface area contributed by atoms with Crippen molar-refractivity contribution < 1.29 is 9.59 Å². The second-order valence-electron chi connectivity index (χ2n) is 4.12. The maximum atomic E-state index is 11.7. The van der Waals surface area contributed by atoms with Crippen molar-refractivity contribution in [3.8, 4) is 0 Å². The van der Waals surface area contributed by atoms with Gasteiger partial charge in [0.05, 0.1) is 0 Å². The van der Waals surface area contributed by atoms with Gasteiger partial charge >= 0.3 is 11.8 Å². The zero-order chi connectivity index (χ0) is 12.3. The van der Waals surface area contributed by atoms with Gasteiger partial charge in [-0.1, -0.05) is 6.07 Å². The van der Waals surface area contributed by atoms with E-state index in [-0.39, 0.29) is 0 Å². The topological polar surface area (TPSA) is 62.3 Å². The average molecular weight is 233 g/mol. The van der Waals surface area contributed by atoms with Crippen LogP contribution in [0.4, 0.5) is 5.82 Å². The lowest BCUT2D eigenvalue weighted by Crippen LogP contribution is -2.37. The maximum Gasteiger partial charge on any atom is 0.315 e. The fourth-order valence-corrected chi connectivity index (χ4v) is 1.85. The van der Waals surface area contributed by atoms with Gasteiger partial charge in [0.1, 0.15) is 5.82 Å². The average Bonchev–Trinajstić information content (AvgIpc) is 2.81. The highest BCUT2D eigenvalue weighted by Crippen LogP contribution is 2.09. The van der Waals surface area contributed by atoms with Crippen molar-refractivity contribution in [1.82, 2.24) is 9.88 Å². The minimum atomic E-state index is -0.606. The van der Waals surface area contributed by atoms with Gasteiger partial charge < -0.3 is 10.2 Å². The van der Waals surface area contributed by atoms with Gasteiger partial charge in [-0.15, -0.1) is 0 Å². The molecule has 1 fully saturated rings. The van der Waals surface area contributed by atoms with Gasteiger partial charge in [0.25, 0.3) is 0 Å². The molecule has 2 amide bonds. The predicted octanol–water partition coefficient (Wildman–Crippen LogP) is 0.951. The van der Waals surface area contributed by atoms with E-state index >= 15 is 0 Å². The van der Waals surface area contributed by atoms with Gasteiger partial charge in [-0.2, -0.15) is 0 Å². The molecule has 1 aromatic heterocycles. The fourth-order valence-electron chi connectivity index (χ4n) is 1.85. The van der Waals surface area contributed by atoms with E-state index in [9.17, 15) is 9.59 Å². The van der Waals surface area contributed by atoms with Crippen LogP contribution in [0.2, 0.25) is 0 Å². The summed E-state index contributed by atoms with van der Waals surface area (Å²) in [6.45, 7) is 3.18. The quantitative estimate of drug-likeness (QED) is 0.735. The Kier molecular flexibility index (Phi) is 3.37. The van der Waals surface area contributed by atoms with Crippen LogP contribution in [0.15, 0.2) is 18.2 Å². The first-order chi connectivity index (χ1) is 8.16. The minimum Gasteiger partial charge on any atom is -0.334 e. The first kappa shape index (κ1) is 11.6. The number of likely N-dealkylation sites (tertiary alicyclic amines) is 1. The van der Waals surface area contributed by atoms with Gasteiger partial charge in [-0.3, -0.25) is 9.59 Å². The highest BCUT2D eigenvalue weighted by atomic mass is 16.2. The summed E-state index contributed by atoms with van der Waals surface area (Å²) >= 11 is 0. The summed E-state index contributed by atoms with van der Waals surface area (Å²) in [7, 11) is 0. The number of nitrogens with one attached hydrogen (secondary N) is 1. The Morgan fingerprint density at radius 2 is 2.00 bits per heavy atom. The Morgan fingerprint density at radius 3 is 2.65 bits per heavy atom. The van der Waals surface area contributed by atoms with E-state index in [2.05, 4.69) is 10.3 Å². The van der Waals surface area contributed by atoms with E-state index in [1.807, 2.05) is 13.0 Å². The summed E-state index contributed by atoms with van der Waals surface area (Å²) in [6, 6.07) is 5.29. The van der Waals surface area contributed by atoms with Gasteiger partial charge in [0.15, 0.2) is 0 Å². The number of carbonyl (C=O) groups is 2. The molecular weight excluding hydrogens is 218 g/mol. The van der Waals surface area contributed by atoms with Crippen LogP contribution in [-0.4, -0.2) is 34.8 Å². The number of carbonyl (C=O) groups excluding carboxylic acids is 2.